The van der Waals surface area contributed by atoms with Crippen molar-refractivity contribution in [1.29, 1.82) is 0 Å². The van der Waals surface area contributed by atoms with Crippen molar-refractivity contribution in [2.45, 2.75) is 58.9 Å². The fourth-order valence-electron chi connectivity index (χ4n) is 2.37. The number of likely N-dealkylation sites (tertiary alicyclic amines) is 1. The summed E-state index contributed by atoms with van der Waals surface area (Å²) in [6.07, 6.45) is 6.90. The summed E-state index contributed by atoms with van der Waals surface area (Å²) in [6.45, 7) is 9.71. The normalized spacial score (nSPS) is 23.3. The van der Waals surface area contributed by atoms with Gasteiger partial charge in [-0.15, -0.1) is 0 Å². The minimum absolute atomic E-state index is 0.873. The van der Waals surface area contributed by atoms with Crippen LogP contribution in [0.25, 0.3) is 0 Å². The third kappa shape index (κ3) is 3.30. The Morgan fingerprint density at radius 1 is 1.23 bits per heavy atom. The van der Waals surface area contributed by atoms with Crippen LogP contribution in [0, 0.1) is 5.92 Å². The Labute approximate surface area is 83.5 Å². The van der Waals surface area contributed by atoms with Crippen LogP contribution >= 0.6 is 0 Å². The molecule has 0 radical (unpaired) electrons. The topological polar surface area (TPSA) is 3.24 Å². The highest BCUT2D eigenvalue weighted by molar-refractivity contribution is 4.75. The lowest BCUT2D eigenvalue weighted by molar-refractivity contribution is 0.127. The predicted molar refractivity (Wildman–Crippen MR) is 59.0 cm³/mol. The van der Waals surface area contributed by atoms with Crippen LogP contribution in [0.4, 0.5) is 0 Å². The van der Waals surface area contributed by atoms with Gasteiger partial charge in [-0.25, -0.2) is 0 Å². The summed E-state index contributed by atoms with van der Waals surface area (Å²) < 4.78 is 0. The summed E-state index contributed by atoms with van der Waals surface area (Å²) in [6, 6.07) is 0.873. The van der Waals surface area contributed by atoms with Gasteiger partial charge < -0.3 is 4.90 Å². The van der Waals surface area contributed by atoms with Gasteiger partial charge in [0.1, 0.15) is 0 Å². The first-order valence-corrected chi connectivity index (χ1v) is 6.02. The molecular formula is C12H25N. The molecule has 0 amide bonds. The largest absolute Gasteiger partial charge is 0.300 e. The van der Waals surface area contributed by atoms with Crippen molar-refractivity contribution < 1.29 is 0 Å². The van der Waals surface area contributed by atoms with Crippen LogP contribution in [0.5, 0.6) is 0 Å². The first-order chi connectivity index (χ1) is 6.27. The lowest BCUT2D eigenvalue weighted by atomic mass is 9.96. The summed E-state index contributed by atoms with van der Waals surface area (Å²) >= 11 is 0. The molecule has 1 heterocycles. The Balaban J connectivity index is 2.32. The summed E-state index contributed by atoms with van der Waals surface area (Å²) in [7, 11) is 0. The molecule has 1 aliphatic heterocycles. The number of nitrogens with zero attached hydrogens (tertiary/aromatic N) is 1. The maximum atomic E-state index is 2.71. The van der Waals surface area contributed by atoms with E-state index in [2.05, 4.69) is 25.7 Å². The molecule has 1 saturated heterocycles. The van der Waals surface area contributed by atoms with Crippen molar-refractivity contribution in [3.63, 3.8) is 0 Å². The minimum atomic E-state index is 0.873. The smallest absolute Gasteiger partial charge is 0.00925 e. The quantitative estimate of drug-likeness (QED) is 0.646. The number of hydrogen-bond donors (Lipinski definition) is 0. The zero-order chi connectivity index (χ0) is 9.68. The van der Waals surface area contributed by atoms with E-state index >= 15 is 0 Å². The molecule has 0 N–H and O–H groups in total. The second kappa shape index (κ2) is 5.64. The van der Waals surface area contributed by atoms with E-state index in [1.54, 1.807) is 0 Å². The molecule has 0 spiro atoms. The molecule has 0 aromatic rings. The van der Waals surface area contributed by atoms with Gasteiger partial charge in [0.05, 0.1) is 0 Å². The van der Waals surface area contributed by atoms with Crippen molar-refractivity contribution in [3.05, 3.63) is 0 Å². The van der Waals surface area contributed by atoms with Gasteiger partial charge in [0.2, 0.25) is 0 Å². The second-order valence-electron chi connectivity index (χ2n) is 4.57. The van der Waals surface area contributed by atoms with Crippen LogP contribution < -0.4 is 0 Å². The molecule has 1 fully saturated rings. The van der Waals surface area contributed by atoms with Gasteiger partial charge in [-0.1, -0.05) is 27.2 Å². The van der Waals surface area contributed by atoms with Crippen LogP contribution in [-0.2, 0) is 0 Å². The van der Waals surface area contributed by atoms with Crippen LogP contribution in [0.15, 0.2) is 0 Å². The summed E-state index contributed by atoms with van der Waals surface area (Å²) in [5.74, 6) is 0.968. The first-order valence-electron chi connectivity index (χ1n) is 6.02. The highest BCUT2D eigenvalue weighted by atomic mass is 15.2. The Morgan fingerprint density at radius 3 is 2.31 bits per heavy atom. The van der Waals surface area contributed by atoms with Crippen molar-refractivity contribution in [3.8, 4) is 0 Å². The van der Waals surface area contributed by atoms with Crippen molar-refractivity contribution in [1.82, 2.24) is 4.90 Å². The predicted octanol–water partition coefficient (Wildman–Crippen LogP) is 3.30. The molecule has 13 heavy (non-hydrogen) atoms. The van der Waals surface area contributed by atoms with Gasteiger partial charge >= 0.3 is 0 Å². The molecule has 1 rings (SSSR count). The molecule has 0 aromatic heterocycles. The van der Waals surface area contributed by atoms with Gasteiger partial charge in [0, 0.05) is 6.04 Å². The molecule has 78 valence electrons. The lowest BCUT2D eigenvalue weighted by Gasteiger charge is -2.36. The minimum Gasteiger partial charge on any atom is -0.300 e. The summed E-state index contributed by atoms with van der Waals surface area (Å²) in [5, 5.41) is 0. The lowest BCUT2D eigenvalue weighted by Crippen LogP contribution is -2.40. The number of hydrogen-bond acceptors (Lipinski definition) is 1. The van der Waals surface area contributed by atoms with E-state index in [1.165, 1.54) is 45.2 Å². The van der Waals surface area contributed by atoms with Crippen LogP contribution in [-0.4, -0.2) is 24.0 Å². The van der Waals surface area contributed by atoms with E-state index in [9.17, 15) is 0 Å². The standard InChI is InChI=1S/C12H25N/c1-4-6-12(5-2)13-9-7-11(3)8-10-13/h11-12H,4-10H2,1-3H3. The average Bonchev–Trinajstić information content (AvgIpc) is 2.16. The molecule has 1 heteroatoms. The van der Waals surface area contributed by atoms with E-state index in [1.807, 2.05) is 0 Å². The maximum Gasteiger partial charge on any atom is 0.00925 e. The van der Waals surface area contributed by atoms with Crippen molar-refractivity contribution >= 4 is 0 Å². The summed E-state index contributed by atoms with van der Waals surface area (Å²) in [5.41, 5.74) is 0. The molecule has 0 aromatic carbocycles. The van der Waals surface area contributed by atoms with Gasteiger partial charge in [0.15, 0.2) is 0 Å². The fourth-order valence-corrected chi connectivity index (χ4v) is 2.37. The number of rotatable bonds is 4. The van der Waals surface area contributed by atoms with E-state index < -0.39 is 0 Å². The van der Waals surface area contributed by atoms with Crippen molar-refractivity contribution in [2.24, 2.45) is 5.92 Å². The molecule has 1 unspecified atom stereocenters. The fraction of sp³-hybridized carbons (Fsp3) is 1.00. The van der Waals surface area contributed by atoms with Crippen LogP contribution in [0.2, 0.25) is 0 Å². The monoisotopic (exact) mass is 183 g/mol. The van der Waals surface area contributed by atoms with E-state index in [0.717, 1.165) is 12.0 Å². The molecule has 0 bridgehead atoms. The van der Waals surface area contributed by atoms with Gasteiger partial charge in [-0.3, -0.25) is 0 Å². The Kier molecular flexibility index (Phi) is 4.79. The first kappa shape index (κ1) is 11.0. The number of piperidine rings is 1. The van der Waals surface area contributed by atoms with Gasteiger partial charge in [0.25, 0.3) is 0 Å². The van der Waals surface area contributed by atoms with Crippen LogP contribution in [0.1, 0.15) is 52.9 Å². The van der Waals surface area contributed by atoms with Gasteiger partial charge in [-0.2, -0.15) is 0 Å². The second-order valence-corrected chi connectivity index (χ2v) is 4.57. The van der Waals surface area contributed by atoms with Crippen molar-refractivity contribution in [2.75, 3.05) is 13.1 Å². The Hall–Kier alpha value is -0.0400. The van der Waals surface area contributed by atoms with Gasteiger partial charge in [-0.05, 0) is 44.7 Å². The average molecular weight is 183 g/mol. The summed E-state index contributed by atoms with van der Waals surface area (Å²) in [4.78, 5) is 2.71. The third-order valence-electron chi connectivity index (χ3n) is 3.43. The molecule has 1 nitrogen and oxygen atoms in total. The maximum absolute atomic E-state index is 2.71. The Bertz CT molecular complexity index is 125. The van der Waals surface area contributed by atoms with E-state index in [-0.39, 0.29) is 0 Å². The molecule has 0 aliphatic carbocycles. The van der Waals surface area contributed by atoms with Crippen LogP contribution in [0.3, 0.4) is 0 Å². The molecule has 1 atom stereocenters. The zero-order valence-corrected chi connectivity index (χ0v) is 9.55. The molecular weight excluding hydrogens is 158 g/mol. The third-order valence-corrected chi connectivity index (χ3v) is 3.43. The highest BCUT2D eigenvalue weighted by Crippen LogP contribution is 2.21. The molecule has 0 saturated carbocycles. The SMILES string of the molecule is CCCC(CC)N1CCC(C)CC1. The van der Waals surface area contributed by atoms with E-state index in [0.29, 0.717) is 0 Å². The zero-order valence-electron chi connectivity index (χ0n) is 9.55. The highest BCUT2D eigenvalue weighted by Gasteiger charge is 2.20. The Morgan fingerprint density at radius 2 is 1.85 bits per heavy atom. The van der Waals surface area contributed by atoms with E-state index in [4.69, 9.17) is 0 Å². The molecule has 1 aliphatic rings.